The summed E-state index contributed by atoms with van der Waals surface area (Å²) < 4.78 is 0. The fourth-order valence-corrected chi connectivity index (χ4v) is 10.5. The number of rotatable bonds is 4. The number of aliphatic hydroxyl groups is 1. The number of piperazine rings is 1. The second-order valence-corrected chi connectivity index (χ2v) is 14.5. The molecule has 5 aliphatic rings. The van der Waals surface area contributed by atoms with Crippen molar-refractivity contribution in [2.75, 3.05) is 37.6 Å². The first-order valence-electron chi connectivity index (χ1n) is 15.3. The van der Waals surface area contributed by atoms with E-state index in [0.29, 0.717) is 10.8 Å². The van der Waals surface area contributed by atoms with E-state index in [1.807, 2.05) is 18.5 Å². The molecule has 0 amide bonds. The maximum absolute atomic E-state index is 10.8. The van der Waals surface area contributed by atoms with Crippen molar-refractivity contribution in [1.82, 2.24) is 14.9 Å². The van der Waals surface area contributed by atoms with Crippen molar-refractivity contribution in [2.45, 2.75) is 85.7 Å². The van der Waals surface area contributed by atoms with Crippen molar-refractivity contribution in [3.63, 3.8) is 0 Å². The topological polar surface area (TPSA) is 52.5 Å². The Morgan fingerprint density at radius 3 is 2.41 bits per heavy atom. The van der Waals surface area contributed by atoms with Gasteiger partial charge < -0.3 is 10.0 Å². The molecule has 5 nitrogen and oxygen atoms in total. The smallest absolute Gasteiger partial charge is 0.225 e. The third-order valence-corrected chi connectivity index (χ3v) is 12.4. The number of nitrogens with zero attached hydrogens (tertiary/aromatic N) is 4. The van der Waals surface area contributed by atoms with Gasteiger partial charge in [0.2, 0.25) is 5.95 Å². The molecule has 4 fully saturated rings. The molecule has 8 atom stereocenters. The Bertz CT molecular complexity index is 1000. The molecule has 0 aromatic carbocycles. The molecule has 1 aliphatic heterocycles. The van der Waals surface area contributed by atoms with E-state index in [0.717, 1.165) is 68.1 Å². The van der Waals surface area contributed by atoms with Crippen molar-refractivity contribution in [2.24, 2.45) is 45.8 Å². The van der Waals surface area contributed by atoms with Crippen LogP contribution in [0.4, 0.5) is 5.95 Å². The van der Waals surface area contributed by atoms with Crippen molar-refractivity contribution < 1.29 is 5.11 Å². The monoisotopic (exact) mass is 506 g/mol. The maximum Gasteiger partial charge on any atom is 0.225 e. The Kier molecular flexibility index (Phi) is 6.50. The summed E-state index contributed by atoms with van der Waals surface area (Å²) in [6.07, 6.45) is 15.2. The minimum Gasteiger partial charge on any atom is -0.392 e. The summed E-state index contributed by atoms with van der Waals surface area (Å²) in [4.78, 5) is 14.0. The summed E-state index contributed by atoms with van der Waals surface area (Å²) in [7, 11) is 0. The van der Waals surface area contributed by atoms with E-state index in [2.05, 4.69) is 60.5 Å². The van der Waals surface area contributed by atoms with Gasteiger partial charge >= 0.3 is 0 Å². The highest BCUT2D eigenvalue weighted by atomic mass is 16.3. The van der Waals surface area contributed by atoms with Gasteiger partial charge in [0.1, 0.15) is 0 Å². The standard InChI is InChI=1S/C32H50N4O/c1-22(21-35-17-19-36(20-18-35)29-33-15-6-16-34-29)24-8-9-25-23-7-10-27-30(2,3)28(37)12-14-32(27,5)26(23)11-13-31(24,25)4/h6,10,15-16,22-26,28,37H,7-9,11-14,17-21H2,1-5H3/t22-,23?,24-,25?,26?,28+,31-,32-/m1/s1. The normalized spacial score (nSPS) is 42.4. The van der Waals surface area contributed by atoms with Gasteiger partial charge in [-0.2, -0.15) is 0 Å². The van der Waals surface area contributed by atoms with E-state index in [1.54, 1.807) is 5.57 Å². The Morgan fingerprint density at radius 2 is 1.68 bits per heavy atom. The Morgan fingerprint density at radius 1 is 0.946 bits per heavy atom. The number of aliphatic hydroxyl groups excluding tert-OH is 1. The lowest BCUT2D eigenvalue weighted by Crippen LogP contribution is -2.55. The van der Waals surface area contributed by atoms with Crippen LogP contribution in [0.5, 0.6) is 0 Å². The fraction of sp³-hybridized carbons (Fsp3) is 0.812. The molecule has 1 aromatic rings. The first kappa shape index (κ1) is 25.8. The van der Waals surface area contributed by atoms with Gasteiger partial charge in [0.05, 0.1) is 6.10 Å². The molecule has 1 saturated heterocycles. The molecular formula is C32H50N4O. The summed E-state index contributed by atoms with van der Waals surface area (Å²) in [5, 5.41) is 10.8. The minimum atomic E-state index is -0.184. The molecule has 0 bridgehead atoms. The number of hydrogen-bond donors (Lipinski definition) is 1. The largest absolute Gasteiger partial charge is 0.392 e. The summed E-state index contributed by atoms with van der Waals surface area (Å²) in [5.41, 5.74) is 2.30. The van der Waals surface area contributed by atoms with Crippen LogP contribution in [0.15, 0.2) is 30.1 Å². The van der Waals surface area contributed by atoms with Gasteiger partial charge in [0.15, 0.2) is 0 Å². The molecule has 3 saturated carbocycles. The summed E-state index contributed by atoms with van der Waals surface area (Å²) in [5.74, 6) is 4.99. The van der Waals surface area contributed by atoms with Gasteiger partial charge in [-0.1, -0.05) is 46.3 Å². The molecule has 2 heterocycles. The van der Waals surface area contributed by atoms with Gasteiger partial charge in [0.25, 0.3) is 0 Å². The first-order chi connectivity index (χ1) is 17.6. The third-order valence-electron chi connectivity index (χ3n) is 12.4. The predicted molar refractivity (Wildman–Crippen MR) is 150 cm³/mol. The number of anilines is 1. The van der Waals surface area contributed by atoms with Gasteiger partial charge in [-0.25, -0.2) is 9.97 Å². The Labute approximate surface area is 225 Å². The quantitative estimate of drug-likeness (QED) is 0.522. The average Bonchev–Trinajstić information content (AvgIpc) is 3.25. The lowest BCUT2D eigenvalue weighted by Gasteiger charge is -2.61. The summed E-state index contributed by atoms with van der Waals surface area (Å²) in [6, 6.07) is 1.90. The SMILES string of the molecule is C[C@H](CN1CCN(c2ncccn2)CC1)[C@H]1CCC2C3CC=C4C(C)(C)[C@@H](O)CC[C@]4(C)C3CC[C@@]21C. The minimum absolute atomic E-state index is 0.0674. The van der Waals surface area contributed by atoms with Gasteiger partial charge in [-0.05, 0) is 91.4 Å². The highest BCUT2D eigenvalue weighted by molar-refractivity contribution is 5.31. The average molecular weight is 507 g/mol. The lowest BCUT2D eigenvalue weighted by atomic mass is 9.44. The predicted octanol–water partition coefficient (Wildman–Crippen LogP) is 5.81. The molecule has 0 radical (unpaired) electrons. The number of aromatic nitrogens is 2. The molecule has 204 valence electrons. The fourth-order valence-electron chi connectivity index (χ4n) is 10.5. The van der Waals surface area contributed by atoms with Crippen LogP contribution in [0.25, 0.3) is 0 Å². The van der Waals surface area contributed by atoms with Crippen molar-refractivity contribution in [1.29, 1.82) is 0 Å². The molecular weight excluding hydrogens is 456 g/mol. The lowest BCUT2D eigenvalue weighted by molar-refractivity contribution is -0.0789. The highest BCUT2D eigenvalue weighted by Gasteiger charge is 2.61. The summed E-state index contributed by atoms with van der Waals surface area (Å²) in [6.45, 7) is 17.9. The molecule has 0 spiro atoms. The van der Waals surface area contributed by atoms with Crippen LogP contribution in [0.1, 0.15) is 79.6 Å². The van der Waals surface area contributed by atoms with Crippen LogP contribution in [-0.4, -0.2) is 58.8 Å². The van der Waals surface area contributed by atoms with Crippen LogP contribution in [0.2, 0.25) is 0 Å². The molecule has 1 aromatic heterocycles. The zero-order valence-electron chi connectivity index (χ0n) is 24.0. The van der Waals surface area contributed by atoms with Crippen LogP contribution in [-0.2, 0) is 0 Å². The Hall–Kier alpha value is -1.46. The van der Waals surface area contributed by atoms with Crippen molar-refractivity contribution >= 4 is 5.95 Å². The van der Waals surface area contributed by atoms with Crippen LogP contribution < -0.4 is 4.90 Å². The molecule has 3 unspecified atom stereocenters. The Balaban J connectivity index is 1.12. The third kappa shape index (κ3) is 4.09. The number of hydrogen-bond acceptors (Lipinski definition) is 5. The van der Waals surface area contributed by atoms with Crippen molar-refractivity contribution in [3.05, 3.63) is 30.1 Å². The molecule has 1 N–H and O–H groups in total. The number of allylic oxidation sites excluding steroid dienone is 1. The van der Waals surface area contributed by atoms with Crippen molar-refractivity contribution in [3.8, 4) is 0 Å². The summed E-state index contributed by atoms with van der Waals surface area (Å²) >= 11 is 0. The molecule has 37 heavy (non-hydrogen) atoms. The zero-order valence-corrected chi connectivity index (χ0v) is 24.0. The van der Waals surface area contributed by atoms with Crippen LogP contribution in [0, 0.1) is 45.8 Å². The zero-order chi connectivity index (χ0) is 26.0. The molecule has 5 heteroatoms. The molecule has 6 rings (SSSR count). The van der Waals surface area contributed by atoms with Gasteiger partial charge in [-0.3, -0.25) is 4.90 Å². The van der Waals surface area contributed by atoms with Gasteiger partial charge in [0, 0.05) is 50.5 Å². The maximum atomic E-state index is 10.8. The van der Waals surface area contributed by atoms with E-state index >= 15 is 0 Å². The van der Waals surface area contributed by atoms with E-state index in [9.17, 15) is 5.11 Å². The van der Waals surface area contributed by atoms with E-state index in [-0.39, 0.29) is 11.5 Å². The van der Waals surface area contributed by atoms with E-state index in [1.165, 1.54) is 45.1 Å². The van der Waals surface area contributed by atoms with Crippen LogP contribution >= 0.6 is 0 Å². The number of fused-ring (bicyclic) bond motifs is 5. The molecule has 4 aliphatic carbocycles. The van der Waals surface area contributed by atoms with E-state index in [4.69, 9.17) is 0 Å². The second-order valence-electron chi connectivity index (χ2n) is 14.5. The highest BCUT2D eigenvalue weighted by Crippen LogP contribution is 2.68. The van der Waals surface area contributed by atoms with Gasteiger partial charge in [-0.15, -0.1) is 0 Å². The first-order valence-corrected chi connectivity index (χ1v) is 15.3. The second kappa shape index (κ2) is 9.33. The van der Waals surface area contributed by atoms with E-state index < -0.39 is 0 Å². The van der Waals surface area contributed by atoms with Crippen LogP contribution in [0.3, 0.4) is 0 Å².